The number of rotatable bonds is 12. The number of ether oxygens (including phenoxy) is 2. The number of nitrogens with one attached hydrogen (secondary N) is 2. The lowest BCUT2D eigenvalue weighted by Gasteiger charge is -2.33. The van der Waals surface area contributed by atoms with Gasteiger partial charge in [0.05, 0.1) is 42.9 Å². The Balaban J connectivity index is 1.38. The number of benzene rings is 2. The number of hydrogen-bond donors (Lipinski definition) is 3. The monoisotopic (exact) mass is 652 g/mol. The minimum absolute atomic E-state index is 0.0228. The molecule has 0 saturated carbocycles. The van der Waals surface area contributed by atoms with E-state index in [-0.39, 0.29) is 54.0 Å². The number of halogens is 5. The molecule has 45 heavy (non-hydrogen) atoms. The highest BCUT2D eigenvalue weighted by atomic mass is 35.5. The Morgan fingerprint density at radius 1 is 1.20 bits per heavy atom. The van der Waals surface area contributed by atoms with Crippen LogP contribution in [0.3, 0.4) is 0 Å². The van der Waals surface area contributed by atoms with Crippen molar-refractivity contribution in [2.45, 2.75) is 43.5 Å². The zero-order valence-electron chi connectivity index (χ0n) is 24.3. The lowest BCUT2D eigenvalue weighted by Crippen LogP contribution is -2.53. The highest BCUT2D eigenvalue weighted by molar-refractivity contribution is 6.32. The van der Waals surface area contributed by atoms with E-state index in [1.54, 1.807) is 12.1 Å². The first-order valence-corrected chi connectivity index (χ1v) is 14.5. The first-order chi connectivity index (χ1) is 21.4. The largest absolute Gasteiger partial charge is 0.495 e. The average molecular weight is 653 g/mol. The molecule has 1 fully saturated rings. The predicted octanol–water partition coefficient (Wildman–Crippen LogP) is 5.88. The summed E-state index contributed by atoms with van der Waals surface area (Å²) in [4.78, 5) is 28.8. The van der Waals surface area contributed by atoms with E-state index in [1.807, 2.05) is 36.4 Å². The standard InChI is InChI=1S/C31H33ClF4N4O5/c1-44-28-10-7-20(11-25(28)32)24(19-5-3-2-4-6-19)12-29(41)39-27-15-37-14-26(33)23(27)9-8-22-13-38-21(17-45-22)16-40(30(42)43)18-31(34,35)36/h2-7,10-11,14-15,21-22,24,38H,8-9,12-13,16-18H2,1H3,(H,39,41)(H,42,43)/t21-,22+,24+/m0/s1. The molecule has 0 spiro atoms. The van der Waals surface area contributed by atoms with Gasteiger partial charge in [0.2, 0.25) is 5.91 Å². The number of methoxy groups -OCH3 is 1. The Morgan fingerprint density at radius 3 is 2.58 bits per heavy atom. The van der Waals surface area contributed by atoms with Crippen LogP contribution in [-0.2, 0) is 16.0 Å². The Hall–Kier alpha value is -3.94. The number of carbonyl (C=O) groups is 2. The second-order valence-electron chi connectivity index (χ2n) is 10.6. The van der Waals surface area contributed by atoms with E-state index in [0.29, 0.717) is 17.2 Å². The van der Waals surface area contributed by atoms with E-state index in [9.17, 15) is 27.2 Å². The molecule has 0 bridgehead atoms. The highest BCUT2D eigenvalue weighted by Crippen LogP contribution is 2.34. The molecule has 2 aromatic carbocycles. The zero-order valence-corrected chi connectivity index (χ0v) is 25.1. The smallest absolute Gasteiger partial charge is 0.407 e. The molecule has 9 nitrogen and oxygen atoms in total. The van der Waals surface area contributed by atoms with Crippen LogP contribution in [0.25, 0.3) is 0 Å². The van der Waals surface area contributed by atoms with Crippen LogP contribution in [0.2, 0.25) is 5.02 Å². The van der Waals surface area contributed by atoms with Crippen molar-refractivity contribution in [3.8, 4) is 5.75 Å². The summed E-state index contributed by atoms with van der Waals surface area (Å²) in [6.45, 7) is -1.78. The Kier molecular flexibility index (Phi) is 11.6. The molecule has 0 radical (unpaired) electrons. The van der Waals surface area contributed by atoms with Gasteiger partial charge in [-0.2, -0.15) is 13.2 Å². The van der Waals surface area contributed by atoms with Gasteiger partial charge in [-0.25, -0.2) is 9.18 Å². The third kappa shape index (κ3) is 9.77. The number of nitrogens with zero attached hydrogens (tertiary/aromatic N) is 2. The molecule has 2 heterocycles. The van der Waals surface area contributed by atoms with Crippen molar-refractivity contribution in [2.24, 2.45) is 0 Å². The van der Waals surface area contributed by atoms with Gasteiger partial charge in [-0.15, -0.1) is 0 Å². The summed E-state index contributed by atoms with van der Waals surface area (Å²) >= 11 is 6.37. The van der Waals surface area contributed by atoms with Gasteiger partial charge in [-0.3, -0.25) is 14.7 Å². The third-order valence-electron chi connectivity index (χ3n) is 7.41. The van der Waals surface area contributed by atoms with Crippen molar-refractivity contribution in [3.05, 3.63) is 88.5 Å². The van der Waals surface area contributed by atoms with Crippen molar-refractivity contribution in [3.63, 3.8) is 0 Å². The van der Waals surface area contributed by atoms with Crippen LogP contribution in [0.5, 0.6) is 5.75 Å². The number of alkyl halides is 3. The number of amides is 2. The zero-order chi connectivity index (χ0) is 32.6. The van der Waals surface area contributed by atoms with Gasteiger partial charge in [-0.1, -0.05) is 48.0 Å². The van der Waals surface area contributed by atoms with Gasteiger partial charge in [-0.05, 0) is 36.1 Å². The topological polar surface area (TPSA) is 113 Å². The van der Waals surface area contributed by atoms with E-state index in [2.05, 4.69) is 15.6 Å². The van der Waals surface area contributed by atoms with Crippen LogP contribution in [0.4, 0.5) is 28.0 Å². The van der Waals surface area contributed by atoms with Crippen LogP contribution >= 0.6 is 11.6 Å². The molecule has 0 aliphatic carbocycles. The fourth-order valence-electron chi connectivity index (χ4n) is 5.19. The summed E-state index contributed by atoms with van der Waals surface area (Å²) in [5.74, 6) is -0.837. The molecule has 3 atom stereocenters. The van der Waals surface area contributed by atoms with Crippen molar-refractivity contribution in [2.75, 3.05) is 38.7 Å². The molecular weight excluding hydrogens is 620 g/mol. The number of carboxylic acid groups (broad SMARTS) is 1. The maximum atomic E-state index is 14.9. The quantitative estimate of drug-likeness (QED) is 0.210. The predicted molar refractivity (Wildman–Crippen MR) is 159 cm³/mol. The van der Waals surface area contributed by atoms with Gasteiger partial charge >= 0.3 is 12.3 Å². The van der Waals surface area contributed by atoms with E-state index in [1.165, 1.54) is 13.3 Å². The molecule has 0 unspecified atom stereocenters. The normalized spacial score (nSPS) is 17.4. The average Bonchev–Trinajstić information content (AvgIpc) is 2.99. The minimum atomic E-state index is -4.66. The van der Waals surface area contributed by atoms with Crippen molar-refractivity contribution in [1.29, 1.82) is 0 Å². The number of carbonyl (C=O) groups excluding carboxylic acids is 1. The van der Waals surface area contributed by atoms with Crippen molar-refractivity contribution in [1.82, 2.24) is 15.2 Å². The maximum absolute atomic E-state index is 14.9. The highest BCUT2D eigenvalue weighted by Gasteiger charge is 2.35. The van der Waals surface area contributed by atoms with Crippen LogP contribution in [-0.4, -0.2) is 78.7 Å². The van der Waals surface area contributed by atoms with Crippen molar-refractivity contribution < 1.29 is 41.7 Å². The van der Waals surface area contributed by atoms with Gasteiger partial charge in [0, 0.05) is 37.0 Å². The van der Waals surface area contributed by atoms with E-state index in [4.69, 9.17) is 26.2 Å². The molecule has 1 saturated heterocycles. The first-order valence-electron chi connectivity index (χ1n) is 14.1. The molecule has 3 aromatic rings. The SMILES string of the molecule is COc1ccc([C@H](CC(=O)Nc2cncc(F)c2CC[C@@H]2CN[C@@H](CN(CC(F)(F)F)C(=O)O)CO2)c2ccccc2)cc1Cl. The molecule has 3 N–H and O–H groups in total. The number of pyridine rings is 1. The van der Waals surface area contributed by atoms with Crippen LogP contribution < -0.4 is 15.4 Å². The molecule has 2 amide bonds. The molecule has 4 rings (SSSR count). The van der Waals surface area contributed by atoms with Gasteiger partial charge in [0.1, 0.15) is 18.1 Å². The summed E-state index contributed by atoms with van der Waals surface area (Å²) in [7, 11) is 1.51. The summed E-state index contributed by atoms with van der Waals surface area (Å²) in [6, 6.07) is 14.1. The summed E-state index contributed by atoms with van der Waals surface area (Å²) in [5, 5.41) is 15.3. The molecule has 242 valence electrons. The lowest BCUT2D eigenvalue weighted by atomic mass is 9.88. The van der Waals surface area contributed by atoms with E-state index < -0.39 is 43.3 Å². The van der Waals surface area contributed by atoms with Crippen molar-refractivity contribution >= 4 is 29.3 Å². The third-order valence-corrected chi connectivity index (χ3v) is 7.71. The number of morpholine rings is 1. The lowest BCUT2D eigenvalue weighted by molar-refractivity contribution is -0.143. The second kappa shape index (κ2) is 15.4. The van der Waals surface area contributed by atoms with E-state index in [0.717, 1.165) is 17.3 Å². The number of anilines is 1. The summed E-state index contributed by atoms with van der Waals surface area (Å²) in [5.41, 5.74) is 2.13. The fourth-order valence-corrected chi connectivity index (χ4v) is 5.46. The molecule has 1 aliphatic rings. The number of aromatic nitrogens is 1. The first kappa shape index (κ1) is 33.9. The molecule has 1 aromatic heterocycles. The fraction of sp³-hybridized carbons (Fsp3) is 0.387. The molecular formula is C31H33ClF4N4O5. The summed E-state index contributed by atoms with van der Waals surface area (Å²) < 4.78 is 64.1. The Morgan fingerprint density at radius 2 is 1.96 bits per heavy atom. The van der Waals surface area contributed by atoms with Gasteiger partial charge < -0.3 is 25.2 Å². The van der Waals surface area contributed by atoms with E-state index >= 15 is 0 Å². The minimum Gasteiger partial charge on any atom is -0.495 e. The van der Waals surface area contributed by atoms with Gasteiger partial charge in [0.15, 0.2) is 0 Å². The molecule has 14 heteroatoms. The van der Waals surface area contributed by atoms with Gasteiger partial charge in [0.25, 0.3) is 0 Å². The maximum Gasteiger partial charge on any atom is 0.407 e. The molecule has 1 aliphatic heterocycles. The summed E-state index contributed by atoms with van der Waals surface area (Å²) in [6.07, 6.45) is -3.81. The van der Waals surface area contributed by atoms with Crippen LogP contribution in [0, 0.1) is 5.82 Å². The Bertz CT molecular complexity index is 1460. The van der Waals surface area contributed by atoms with Crippen LogP contribution in [0.15, 0.2) is 60.9 Å². The Labute approximate surface area is 262 Å². The van der Waals surface area contributed by atoms with Crippen LogP contribution in [0.1, 0.15) is 35.4 Å². The second-order valence-corrected chi connectivity index (χ2v) is 11.0. The number of hydrogen-bond acceptors (Lipinski definition) is 6.